The molecule has 2 rings (SSSR count). The fourth-order valence-electron chi connectivity index (χ4n) is 2.38. The van der Waals surface area contributed by atoms with Crippen LogP contribution >= 0.6 is 0 Å². The second kappa shape index (κ2) is 5.82. The van der Waals surface area contributed by atoms with Crippen molar-refractivity contribution in [3.63, 3.8) is 0 Å². The lowest BCUT2D eigenvalue weighted by atomic mass is 10.0. The van der Waals surface area contributed by atoms with Gasteiger partial charge in [-0.05, 0) is 37.0 Å². The molecule has 0 radical (unpaired) electrons. The number of hydrogen-bond acceptors (Lipinski definition) is 2. The van der Waals surface area contributed by atoms with Crippen molar-refractivity contribution in [3.8, 4) is 0 Å². The molecular formula is C14H16FNO3. The summed E-state index contributed by atoms with van der Waals surface area (Å²) < 4.78 is 12.7. The van der Waals surface area contributed by atoms with Crippen LogP contribution in [0.15, 0.2) is 24.3 Å². The number of benzene rings is 1. The molecule has 1 aromatic rings. The zero-order valence-electron chi connectivity index (χ0n) is 10.4. The average molecular weight is 265 g/mol. The molecule has 1 aromatic carbocycles. The molecule has 102 valence electrons. The van der Waals surface area contributed by atoms with Gasteiger partial charge in [0.05, 0.1) is 5.92 Å². The van der Waals surface area contributed by atoms with Crippen LogP contribution in [0.4, 0.5) is 4.39 Å². The third-order valence-corrected chi connectivity index (χ3v) is 3.53. The van der Waals surface area contributed by atoms with Gasteiger partial charge in [0, 0.05) is 12.5 Å². The highest BCUT2D eigenvalue weighted by Gasteiger charge is 2.33. The summed E-state index contributed by atoms with van der Waals surface area (Å²) in [4.78, 5) is 22.7. The van der Waals surface area contributed by atoms with Crippen LogP contribution in [0.25, 0.3) is 0 Å². The predicted molar refractivity (Wildman–Crippen MR) is 66.7 cm³/mol. The van der Waals surface area contributed by atoms with E-state index in [1.807, 2.05) is 0 Å². The van der Waals surface area contributed by atoms with Crippen molar-refractivity contribution in [2.45, 2.75) is 25.8 Å². The lowest BCUT2D eigenvalue weighted by Gasteiger charge is -2.10. The molecule has 19 heavy (non-hydrogen) atoms. The third kappa shape index (κ3) is 3.53. The van der Waals surface area contributed by atoms with E-state index in [1.165, 1.54) is 12.1 Å². The second-order valence-electron chi connectivity index (χ2n) is 4.89. The maximum Gasteiger partial charge on any atom is 0.306 e. The van der Waals surface area contributed by atoms with Crippen LogP contribution in [0.1, 0.15) is 24.8 Å². The summed E-state index contributed by atoms with van der Waals surface area (Å²) in [7, 11) is 0. The van der Waals surface area contributed by atoms with Gasteiger partial charge in [-0.25, -0.2) is 4.39 Å². The minimum Gasteiger partial charge on any atom is -0.481 e. The number of hydrogen-bond donors (Lipinski definition) is 2. The molecule has 1 aliphatic carbocycles. The van der Waals surface area contributed by atoms with E-state index in [9.17, 15) is 14.0 Å². The van der Waals surface area contributed by atoms with Gasteiger partial charge < -0.3 is 10.4 Å². The Balaban J connectivity index is 1.82. The van der Waals surface area contributed by atoms with E-state index in [0.717, 1.165) is 5.56 Å². The number of aliphatic carboxylic acids is 1. The molecule has 0 saturated heterocycles. The van der Waals surface area contributed by atoms with Crippen LogP contribution in [0, 0.1) is 17.7 Å². The summed E-state index contributed by atoms with van der Waals surface area (Å²) in [5.41, 5.74) is 0.822. The number of halogens is 1. The van der Waals surface area contributed by atoms with Crippen LogP contribution in [-0.2, 0) is 16.1 Å². The molecule has 4 nitrogen and oxygen atoms in total. The molecule has 5 heteroatoms. The Hall–Kier alpha value is -1.91. The van der Waals surface area contributed by atoms with Crippen molar-refractivity contribution in [2.75, 3.05) is 0 Å². The molecule has 0 heterocycles. The van der Waals surface area contributed by atoms with Crippen LogP contribution in [0.3, 0.4) is 0 Å². The SMILES string of the molecule is O=C(O)[C@@H]1CC[C@H](C(=O)NCc2ccc(F)cc2)C1. The highest BCUT2D eigenvalue weighted by Crippen LogP contribution is 2.31. The van der Waals surface area contributed by atoms with Gasteiger partial charge in [0.2, 0.25) is 5.91 Å². The Morgan fingerprint density at radius 1 is 1.21 bits per heavy atom. The van der Waals surface area contributed by atoms with Crippen LogP contribution in [-0.4, -0.2) is 17.0 Å². The van der Waals surface area contributed by atoms with Gasteiger partial charge in [-0.1, -0.05) is 12.1 Å². The highest BCUT2D eigenvalue weighted by molar-refractivity contribution is 5.80. The Kier molecular flexibility index (Phi) is 4.14. The summed E-state index contributed by atoms with van der Waals surface area (Å²) in [6.07, 6.45) is 1.58. The van der Waals surface area contributed by atoms with E-state index >= 15 is 0 Å². The topological polar surface area (TPSA) is 66.4 Å². The van der Waals surface area contributed by atoms with E-state index < -0.39 is 11.9 Å². The van der Waals surface area contributed by atoms with E-state index in [4.69, 9.17) is 5.11 Å². The van der Waals surface area contributed by atoms with Crippen LogP contribution in [0.5, 0.6) is 0 Å². The minimum atomic E-state index is -0.825. The van der Waals surface area contributed by atoms with Crippen molar-refractivity contribution in [1.29, 1.82) is 0 Å². The fraction of sp³-hybridized carbons (Fsp3) is 0.429. The number of carbonyl (C=O) groups excluding carboxylic acids is 1. The highest BCUT2D eigenvalue weighted by atomic mass is 19.1. The van der Waals surface area contributed by atoms with Gasteiger partial charge in [-0.2, -0.15) is 0 Å². The number of amides is 1. The number of carboxylic acids is 1. The van der Waals surface area contributed by atoms with Crippen molar-refractivity contribution in [1.82, 2.24) is 5.32 Å². The first-order valence-electron chi connectivity index (χ1n) is 6.31. The summed E-state index contributed by atoms with van der Waals surface area (Å²) in [5, 5.41) is 11.6. The monoisotopic (exact) mass is 265 g/mol. The lowest BCUT2D eigenvalue weighted by Crippen LogP contribution is -2.29. The first-order valence-corrected chi connectivity index (χ1v) is 6.31. The smallest absolute Gasteiger partial charge is 0.306 e. The molecule has 0 aliphatic heterocycles. The van der Waals surface area contributed by atoms with Gasteiger partial charge >= 0.3 is 5.97 Å². The number of rotatable bonds is 4. The molecule has 1 aliphatic rings. The van der Waals surface area contributed by atoms with E-state index in [0.29, 0.717) is 25.8 Å². The number of carboxylic acid groups (broad SMARTS) is 1. The van der Waals surface area contributed by atoms with Crippen molar-refractivity contribution < 1.29 is 19.1 Å². The molecule has 1 amide bonds. The van der Waals surface area contributed by atoms with Gasteiger partial charge in [-0.3, -0.25) is 9.59 Å². The lowest BCUT2D eigenvalue weighted by molar-refractivity contribution is -0.141. The van der Waals surface area contributed by atoms with Crippen molar-refractivity contribution >= 4 is 11.9 Å². The molecule has 2 N–H and O–H groups in total. The predicted octanol–water partition coefficient (Wildman–Crippen LogP) is 1.94. The maximum absolute atomic E-state index is 12.7. The van der Waals surface area contributed by atoms with Crippen LogP contribution < -0.4 is 5.32 Å². The first-order chi connectivity index (χ1) is 9.06. The van der Waals surface area contributed by atoms with E-state index in [2.05, 4.69) is 5.32 Å². The number of nitrogens with one attached hydrogen (secondary N) is 1. The first kappa shape index (κ1) is 13.5. The Morgan fingerprint density at radius 2 is 1.84 bits per heavy atom. The Labute approximate surface area is 110 Å². The maximum atomic E-state index is 12.7. The molecule has 1 saturated carbocycles. The van der Waals surface area contributed by atoms with Gasteiger partial charge in [0.15, 0.2) is 0 Å². The summed E-state index contributed by atoms with van der Waals surface area (Å²) in [6, 6.07) is 5.92. The molecular weight excluding hydrogens is 249 g/mol. The normalized spacial score (nSPS) is 22.2. The number of carbonyl (C=O) groups is 2. The zero-order valence-corrected chi connectivity index (χ0v) is 10.4. The van der Waals surface area contributed by atoms with Gasteiger partial charge in [-0.15, -0.1) is 0 Å². The molecule has 0 unspecified atom stereocenters. The minimum absolute atomic E-state index is 0.118. The molecule has 0 bridgehead atoms. The Bertz CT molecular complexity index is 472. The summed E-state index contributed by atoms with van der Waals surface area (Å²) in [5.74, 6) is -1.87. The third-order valence-electron chi connectivity index (χ3n) is 3.53. The average Bonchev–Trinajstić information content (AvgIpc) is 2.87. The van der Waals surface area contributed by atoms with E-state index in [-0.39, 0.29) is 17.6 Å². The van der Waals surface area contributed by atoms with Crippen molar-refractivity contribution in [3.05, 3.63) is 35.6 Å². The van der Waals surface area contributed by atoms with E-state index in [1.54, 1.807) is 12.1 Å². The van der Waals surface area contributed by atoms with Gasteiger partial charge in [0.1, 0.15) is 5.82 Å². The molecule has 1 fully saturated rings. The Morgan fingerprint density at radius 3 is 2.42 bits per heavy atom. The zero-order chi connectivity index (χ0) is 13.8. The van der Waals surface area contributed by atoms with Gasteiger partial charge in [0.25, 0.3) is 0 Å². The quantitative estimate of drug-likeness (QED) is 0.874. The largest absolute Gasteiger partial charge is 0.481 e. The van der Waals surface area contributed by atoms with Crippen molar-refractivity contribution in [2.24, 2.45) is 11.8 Å². The fourth-order valence-corrected chi connectivity index (χ4v) is 2.38. The van der Waals surface area contributed by atoms with Crippen LogP contribution in [0.2, 0.25) is 0 Å². The molecule has 0 spiro atoms. The second-order valence-corrected chi connectivity index (χ2v) is 4.89. The summed E-state index contributed by atoms with van der Waals surface area (Å²) in [6.45, 7) is 0.341. The molecule has 2 atom stereocenters. The summed E-state index contributed by atoms with van der Waals surface area (Å²) >= 11 is 0. The molecule has 0 aromatic heterocycles. The standard InChI is InChI=1S/C14H16FNO3/c15-12-5-1-9(2-6-12)8-16-13(17)10-3-4-11(7-10)14(18)19/h1-2,5-6,10-11H,3-4,7-8H2,(H,16,17)(H,18,19)/t10-,11+/m0/s1.